The summed E-state index contributed by atoms with van der Waals surface area (Å²) in [6.07, 6.45) is 2.08. The molecule has 0 radical (unpaired) electrons. The van der Waals surface area contributed by atoms with Crippen molar-refractivity contribution in [2.75, 3.05) is 31.3 Å². The van der Waals surface area contributed by atoms with Crippen molar-refractivity contribution >= 4 is 17.5 Å². The van der Waals surface area contributed by atoms with Crippen LogP contribution in [-0.4, -0.2) is 42.2 Å². The number of anilines is 2. The van der Waals surface area contributed by atoms with Crippen molar-refractivity contribution in [3.8, 4) is 0 Å². The van der Waals surface area contributed by atoms with Crippen LogP contribution in [0.5, 0.6) is 0 Å². The summed E-state index contributed by atoms with van der Waals surface area (Å²) in [5, 5.41) is 5.80. The molecule has 1 amide bonds. The molecule has 0 saturated heterocycles. The van der Waals surface area contributed by atoms with Crippen molar-refractivity contribution in [1.29, 1.82) is 0 Å². The molecule has 0 aliphatic heterocycles. The van der Waals surface area contributed by atoms with Gasteiger partial charge in [-0.2, -0.15) is 0 Å². The second-order valence-corrected chi connectivity index (χ2v) is 4.09. The molecule has 1 rings (SSSR count). The third kappa shape index (κ3) is 4.36. The molecule has 0 aliphatic carbocycles. The van der Waals surface area contributed by atoms with Gasteiger partial charge in [0.15, 0.2) is 0 Å². The molecule has 1 aromatic rings. The van der Waals surface area contributed by atoms with E-state index in [-0.39, 0.29) is 5.91 Å². The fraction of sp³-hybridized carbons (Fsp3) is 0.583. The van der Waals surface area contributed by atoms with Crippen LogP contribution in [0, 0.1) is 0 Å². The molecule has 0 bridgehead atoms. The Bertz CT molecular complexity index is 425. The Morgan fingerprint density at radius 2 is 2.26 bits per heavy atom. The van der Waals surface area contributed by atoms with Crippen LogP contribution in [0.4, 0.5) is 11.6 Å². The van der Waals surface area contributed by atoms with E-state index < -0.39 is 6.04 Å². The molecule has 7 heteroatoms. The van der Waals surface area contributed by atoms with Crippen LogP contribution < -0.4 is 16.4 Å². The Labute approximate surface area is 113 Å². The minimum absolute atomic E-state index is 0.115. The topological polar surface area (TPSA) is 102 Å². The van der Waals surface area contributed by atoms with Crippen LogP contribution in [0.25, 0.3) is 0 Å². The largest absolute Gasteiger partial charge is 0.383 e. The lowest BCUT2D eigenvalue weighted by Gasteiger charge is -2.17. The van der Waals surface area contributed by atoms with Crippen LogP contribution in [0.1, 0.15) is 19.4 Å². The zero-order chi connectivity index (χ0) is 14.3. The van der Waals surface area contributed by atoms with E-state index in [1.165, 1.54) is 6.33 Å². The van der Waals surface area contributed by atoms with Gasteiger partial charge in [0.25, 0.3) is 0 Å². The van der Waals surface area contributed by atoms with Gasteiger partial charge in [-0.3, -0.25) is 4.79 Å². The fourth-order valence-electron chi connectivity index (χ4n) is 1.60. The van der Waals surface area contributed by atoms with Gasteiger partial charge in [-0.05, 0) is 13.3 Å². The van der Waals surface area contributed by atoms with Gasteiger partial charge in [0, 0.05) is 19.2 Å². The van der Waals surface area contributed by atoms with Gasteiger partial charge in [-0.1, -0.05) is 6.92 Å². The summed E-state index contributed by atoms with van der Waals surface area (Å²) >= 11 is 0. The number of hydrogen-bond acceptors (Lipinski definition) is 6. The molecule has 1 unspecified atom stereocenters. The Balaban J connectivity index is 2.63. The maximum Gasteiger partial charge on any atom is 0.242 e. The lowest BCUT2D eigenvalue weighted by molar-refractivity contribution is -0.121. The maximum atomic E-state index is 11.8. The first-order valence-electron chi connectivity index (χ1n) is 6.22. The van der Waals surface area contributed by atoms with Gasteiger partial charge in [-0.15, -0.1) is 0 Å². The van der Waals surface area contributed by atoms with Crippen LogP contribution >= 0.6 is 0 Å². The van der Waals surface area contributed by atoms with Crippen LogP contribution in [0.3, 0.4) is 0 Å². The highest BCUT2D eigenvalue weighted by Crippen LogP contribution is 2.18. The Kier molecular flexibility index (Phi) is 6.01. The number of nitrogens with zero attached hydrogens (tertiary/aromatic N) is 2. The molecule has 4 N–H and O–H groups in total. The van der Waals surface area contributed by atoms with E-state index in [0.29, 0.717) is 31.2 Å². The first-order chi connectivity index (χ1) is 9.10. The Morgan fingerprint density at radius 3 is 2.89 bits per heavy atom. The lowest BCUT2D eigenvalue weighted by Crippen LogP contribution is -2.39. The number of carbonyl (C=O) groups is 1. The number of methoxy groups -OCH3 is 1. The SMILES string of the molecule is CCc1c(N)ncnc1NC(C)C(=O)NCCOC. The molecule has 1 aromatic heterocycles. The molecule has 0 saturated carbocycles. The maximum absolute atomic E-state index is 11.8. The minimum atomic E-state index is -0.406. The highest BCUT2D eigenvalue weighted by molar-refractivity contribution is 5.84. The van der Waals surface area contributed by atoms with Gasteiger partial charge >= 0.3 is 0 Å². The molecule has 0 aliphatic rings. The predicted molar refractivity (Wildman–Crippen MR) is 73.8 cm³/mol. The van der Waals surface area contributed by atoms with E-state index in [1.54, 1.807) is 14.0 Å². The number of amides is 1. The van der Waals surface area contributed by atoms with E-state index in [9.17, 15) is 4.79 Å². The quantitative estimate of drug-likeness (QED) is 0.609. The molecule has 19 heavy (non-hydrogen) atoms. The average molecular weight is 267 g/mol. The van der Waals surface area contributed by atoms with Gasteiger partial charge in [0.2, 0.25) is 5.91 Å². The number of hydrogen-bond donors (Lipinski definition) is 3. The van der Waals surface area contributed by atoms with Crippen LogP contribution in [-0.2, 0) is 16.0 Å². The Hall–Kier alpha value is -1.89. The predicted octanol–water partition coefficient (Wildman–Crippen LogP) is 0.184. The molecule has 1 heterocycles. The molecule has 106 valence electrons. The third-order valence-electron chi connectivity index (χ3n) is 2.68. The monoisotopic (exact) mass is 267 g/mol. The average Bonchev–Trinajstić information content (AvgIpc) is 2.39. The summed E-state index contributed by atoms with van der Waals surface area (Å²) in [7, 11) is 1.59. The second kappa shape index (κ2) is 7.52. The normalized spacial score (nSPS) is 11.9. The molecule has 1 atom stereocenters. The number of ether oxygens (including phenoxy) is 1. The smallest absolute Gasteiger partial charge is 0.242 e. The number of nitrogens with two attached hydrogens (primary N) is 1. The highest BCUT2D eigenvalue weighted by atomic mass is 16.5. The third-order valence-corrected chi connectivity index (χ3v) is 2.68. The first kappa shape index (κ1) is 15.2. The molecular formula is C12H21N5O2. The summed E-state index contributed by atoms with van der Waals surface area (Å²) in [4.78, 5) is 19.9. The van der Waals surface area contributed by atoms with Crippen molar-refractivity contribution < 1.29 is 9.53 Å². The summed E-state index contributed by atoms with van der Waals surface area (Å²) < 4.78 is 4.87. The van der Waals surface area contributed by atoms with E-state index >= 15 is 0 Å². The summed E-state index contributed by atoms with van der Waals surface area (Å²) in [6, 6.07) is -0.406. The first-order valence-corrected chi connectivity index (χ1v) is 6.22. The number of nitrogen functional groups attached to an aromatic ring is 1. The van der Waals surface area contributed by atoms with Crippen LogP contribution in [0.2, 0.25) is 0 Å². The number of aromatic nitrogens is 2. The standard InChI is InChI=1S/C12H21N5O2/c1-4-9-10(13)15-7-16-11(9)17-8(2)12(18)14-5-6-19-3/h7-8H,4-6H2,1-3H3,(H,14,18)(H3,13,15,16,17). The summed E-state index contributed by atoms with van der Waals surface area (Å²) in [5.41, 5.74) is 6.59. The van der Waals surface area contributed by atoms with E-state index in [4.69, 9.17) is 10.5 Å². The lowest BCUT2D eigenvalue weighted by atomic mass is 10.2. The van der Waals surface area contributed by atoms with Gasteiger partial charge in [-0.25, -0.2) is 9.97 Å². The summed E-state index contributed by atoms with van der Waals surface area (Å²) in [6.45, 7) is 4.69. The number of nitrogens with one attached hydrogen (secondary N) is 2. The molecule has 0 spiro atoms. The van der Waals surface area contributed by atoms with Gasteiger partial charge in [0.05, 0.1) is 6.61 Å². The fourth-order valence-corrected chi connectivity index (χ4v) is 1.60. The van der Waals surface area contributed by atoms with Gasteiger partial charge in [0.1, 0.15) is 24.0 Å². The number of rotatable bonds is 7. The van der Waals surface area contributed by atoms with Crippen molar-refractivity contribution in [3.63, 3.8) is 0 Å². The molecule has 7 nitrogen and oxygen atoms in total. The number of carbonyl (C=O) groups excluding carboxylic acids is 1. The zero-order valence-electron chi connectivity index (χ0n) is 11.6. The summed E-state index contributed by atoms with van der Waals surface area (Å²) in [5.74, 6) is 0.924. The Morgan fingerprint density at radius 1 is 1.53 bits per heavy atom. The van der Waals surface area contributed by atoms with Crippen molar-refractivity contribution in [2.24, 2.45) is 0 Å². The van der Waals surface area contributed by atoms with E-state index in [0.717, 1.165) is 5.56 Å². The molecule has 0 aromatic carbocycles. The van der Waals surface area contributed by atoms with Gasteiger partial charge < -0.3 is 21.1 Å². The van der Waals surface area contributed by atoms with E-state index in [2.05, 4.69) is 20.6 Å². The minimum Gasteiger partial charge on any atom is -0.383 e. The molecule has 0 fully saturated rings. The van der Waals surface area contributed by atoms with Crippen molar-refractivity contribution in [1.82, 2.24) is 15.3 Å². The molecular weight excluding hydrogens is 246 g/mol. The van der Waals surface area contributed by atoms with Crippen molar-refractivity contribution in [2.45, 2.75) is 26.3 Å². The van der Waals surface area contributed by atoms with Crippen molar-refractivity contribution in [3.05, 3.63) is 11.9 Å². The van der Waals surface area contributed by atoms with Crippen LogP contribution in [0.15, 0.2) is 6.33 Å². The second-order valence-electron chi connectivity index (χ2n) is 4.09. The zero-order valence-corrected chi connectivity index (χ0v) is 11.6. The van der Waals surface area contributed by atoms with E-state index in [1.807, 2.05) is 6.92 Å². The highest BCUT2D eigenvalue weighted by Gasteiger charge is 2.15.